The average molecular weight is 461 g/mol. The summed E-state index contributed by atoms with van der Waals surface area (Å²) in [6.07, 6.45) is -0.583. The van der Waals surface area contributed by atoms with Crippen molar-refractivity contribution in [1.82, 2.24) is 20.2 Å². The molecular formula is C23H27F3N6O. The van der Waals surface area contributed by atoms with E-state index in [-0.39, 0.29) is 23.7 Å². The van der Waals surface area contributed by atoms with Crippen LogP contribution < -0.4 is 10.6 Å². The maximum absolute atomic E-state index is 13.5. The first-order chi connectivity index (χ1) is 15.6. The summed E-state index contributed by atoms with van der Waals surface area (Å²) in [6, 6.07) is 5.67. The van der Waals surface area contributed by atoms with Crippen LogP contribution in [0.25, 0.3) is 0 Å². The summed E-state index contributed by atoms with van der Waals surface area (Å²) in [7, 11) is 0. The highest BCUT2D eigenvalue weighted by Gasteiger charge is 2.35. The summed E-state index contributed by atoms with van der Waals surface area (Å²) < 4.78 is 40.5. The predicted octanol–water partition coefficient (Wildman–Crippen LogP) is 5.65. The Labute approximate surface area is 189 Å². The molecule has 1 aromatic carbocycles. The zero-order chi connectivity index (χ0) is 23.8. The first kappa shape index (κ1) is 23.0. The van der Waals surface area contributed by atoms with Gasteiger partial charge < -0.3 is 15.7 Å². The van der Waals surface area contributed by atoms with E-state index in [1.54, 1.807) is 13.0 Å². The second kappa shape index (κ2) is 9.01. The van der Waals surface area contributed by atoms with E-state index in [1.807, 2.05) is 19.9 Å². The van der Waals surface area contributed by atoms with E-state index in [9.17, 15) is 18.3 Å². The van der Waals surface area contributed by atoms with Crippen LogP contribution in [0.1, 0.15) is 59.5 Å². The molecule has 2 heterocycles. The lowest BCUT2D eigenvalue weighted by atomic mass is 9.80. The van der Waals surface area contributed by atoms with Crippen molar-refractivity contribution in [2.24, 2.45) is 0 Å². The minimum Gasteiger partial charge on any atom is -0.393 e. The Bertz CT molecular complexity index is 1140. The second-order valence-electron chi connectivity index (χ2n) is 8.67. The Morgan fingerprint density at radius 1 is 1.00 bits per heavy atom. The molecule has 0 aliphatic heterocycles. The largest absolute Gasteiger partial charge is 0.421 e. The quantitative estimate of drug-likeness (QED) is 0.393. The van der Waals surface area contributed by atoms with Crippen LogP contribution in [-0.4, -0.2) is 31.4 Å². The topological polar surface area (TPSA) is 98.8 Å². The van der Waals surface area contributed by atoms with Gasteiger partial charge in [-0.15, -0.1) is 0 Å². The Hall–Kier alpha value is -3.14. The fraction of sp³-hybridized carbons (Fsp3) is 0.435. The van der Waals surface area contributed by atoms with Crippen LogP contribution >= 0.6 is 0 Å². The normalized spacial score (nSPS) is 18.9. The molecule has 1 saturated carbocycles. The van der Waals surface area contributed by atoms with Gasteiger partial charge in [0.2, 0.25) is 5.95 Å². The van der Waals surface area contributed by atoms with Crippen molar-refractivity contribution in [2.45, 2.75) is 64.7 Å². The molecule has 0 amide bonds. The number of halogens is 3. The molecular weight excluding hydrogens is 433 g/mol. The number of aliphatic hydroxyl groups excluding tert-OH is 1. The minimum atomic E-state index is -4.62. The number of aliphatic hydroxyl groups is 1. The van der Waals surface area contributed by atoms with Gasteiger partial charge in [0.05, 0.1) is 6.10 Å². The highest BCUT2D eigenvalue weighted by atomic mass is 19.4. The van der Waals surface area contributed by atoms with Gasteiger partial charge in [-0.2, -0.15) is 23.3 Å². The molecule has 0 bridgehead atoms. The van der Waals surface area contributed by atoms with Gasteiger partial charge in [-0.1, -0.05) is 6.07 Å². The number of nitrogens with one attached hydrogen (secondary N) is 3. The van der Waals surface area contributed by atoms with E-state index >= 15 is 0 Å². The molecule has 1 aliphatic rings. The van der Waals surface area contributed by atoms with E-state index in [1.165, 1.54) is 5.56 Å². The summed E-state index contributed by atoms with van der Waals surface area (Å²) in [5.41, 5.74) is 3.74. The summed E-state index contributed by atoms with van der Waals surface area (Å²) in [5, 5.41) is 22.1. The van der Waals surface area contributed by atoms with Gasteiger partial charge in [-0.25, -0.2) is 4.98 Å². The fourth-order valence-corrected chi connectivity index (χ4v) is 4.27. The van der Waals surface area contributed by atoms with Crippen molar-refractivity contribution in [2.75, 3.05) is 10.6 Å². The van der Waals surface area contributed by atoms with Crippen LogP contribution in [0, 0.1) is 20.8 Å². The van der Waals surface area contributed by atoms with Crippen molar-refractivity contribution in [3.05, 3.63) is 52.3 Å². The van der Waals surface area contributed by atoms with E-state index in [4.69, 9.17) is 0 Å². The van der Waals surface area contributed by atoms with Crippen molar-refractivity contribution in [3.63, 3.8) is 0 Å². The molecule has 0 unspecified atom stereocenters. The van der Waals surface area contributed by atoms with E-state index in [0.717, 1.165) is 48.7 Å². The van der Waals surface area contributed by atoms with E-state index in [2.05, 4.69) is 36.9 Å². The number of benzene rings is 1. The minimum absolute atomic E-state index is 0.0498. The van der Waals surface area contributed by atoms with Gasteiger partial charge in [0.15, 0.2) is 5.82 Å². The van der Waals surface area contributed by atoms with Gasteiger partial charge in [-0.05, 0) is 75.1 Å². The third kappa shape index (κ3) is 5.27. The molecule has 10 heteroatoms. The van der Waals surface area contributed by atoms with Gasteiger partial charge in [-0.3, -0.25) is 5.10 Å². The summed E-state index contributed by atoms with van der Waals surface area (Å²) in [6.45, 7) is 5.71. The Balaban J connectivity index is 1.60. The molecule has 4 N–H and O–H groups in total. The van der Waals surface area contributed by atoms with Crippen molar-refractivity contribution in [1.29, 1.82) is 0 Å². The first-order valence-corrected chi connectivity index (χ1v) is 10.9. The van der Waals surface area contributed by atoms with Crippen LogP contribution in [0.4, 0.5) is 36.4 Å². The summed E-state index contributed by atoms with van der Waals surface area (Å²) >= 11 is 0. The first-order valence-electron chi connectivity index (χ1n) is 10.9. The van der Waals surface area contributed by atoms with Gasteiger partial charge >= 0.3 is 6.18 Å². The predicted molar refractivity (Wildman–Crippen MR) is 120 cm³/mol. The molecule has 176 valence electrons. The van der Waals surface area contributed by atoms with Gasteiger partial charge in [0, 0.05) is 23.6 Å². The SMILES string of the molecule is Cc1cc(Nc2nc(Nc3cc(C)c([C@H]4CC[C@H](O)CC4)cc3C)ncc2C(F)(F)F)n[nH]1. The van der Waals surface area contributed by atoms with Crippen molar-refractivity contribution < 1.29 is 18.3 Å². The number of hydrogen-bond acceptors (Lipinski definition) is 6. The number of hydrogen-bond donors (Lipinski definition) is 4. The number of anilines is 4. The lowest BCUT2D eigenvalue weighted by molar-refractivity contribution is -0.137. The standard InChI is InChI=1S/C23H27F3N6O/c1-12-9-19(13(2)8-17(12)15-4-6-16(33)7-5-15)28-22-27-11-18(23(24,25)26)21(30-22)29-20-10-14(3)31-32-20/h8-11,15-16,33H,4-7H2,1-3H3,(H3,27,28,29,30,31,32)/t15-,16-. The Morgan fingerprint density at radius 3 is 2.36 bits per heavy atom. The van der Waals surface area contributed by atoms with Crippen molar-refractivity contribution in [3.8, 4) is 0 Å². The number of aryl methyl sites for hydroxylation is 3. The third-order valence-corrected chi connectivity index (χ3v) is 6.04. The lowest BCUT2D eigenvalue weighted by Gasteiger charge is -2.27. The third-order valence-electron chi connectivity index (χ3n) is 6.04. The van der Waals surface area contributed by atoms with E-state index in [0.29, 0.717) is 11.6 Å². The molecule has 4 rings (SSSR count). The molecule has 1 aliphatic carbocycles. The van der Waals surface area contributed by atoms with Crippen LogP contribution in [0.2, 0.25) is 0 Å². The van der Waals surface area contributed by atoms with Crippen molar-refractivity contribution >= 4 is 23.3 Å². The zero-order valence-electron chi connectivity index (χ0n) is 18.7. The number of aromatic nitrogens is 4. The molecule has 0 atom stereocenters. The fourth-order valence-electron chi connectivity index (χ4n) is 4.27. The second-order valence-corrected chi connectivity index (χ2v) is 8.67. The number of nitrogens with zero attached hydrogens (tertiary/aromatic N) is 3. The molecule has 3 aromatic rings. The molecule has 2 aromatic heterocycles. The molecule has 33 heavy (non-hydrogen) atoms. The number of aromatic amines is 1. The average Bonchev–Trinajstić information content (AvgIpc) is 3.15. The zero-order valence-corrected chi connectivity index (χ0v) is 18.7. The monoisotopic (exact) mass is 460 g/mol. The lowest BCUT2D eigenvalue weighted by Crippen LogP contribution is -2.17. The summed E-state index contributed by atoms with van der Waals surface area (Å²) in [5.74, 6) is 0.306. The highest BCUT2D eigenvalue weighted by molar-refractivity contribution is 5.64. The number of rotatable bonds is 5. The number of H-pyrrole nitrogens is 1. The summed E-state index contributed by atoms with van der Waals surface area (Å²) in [4.78, 5) is 8.00. The van der Waals surface area contributed by atoms with Gasteiger partial charge in [0.1, 0.15) is 11.4 Å². The molecule has 0 saturated heterocycles. The smallest absolute Gasteiger partial charge is 0.393 e. The van der Waals surface area contributed by atoms with Crippen LogP contribution in [-0.2, 0) is 6.18 Å². The highest BCUT2D eigenvalue weighted by Crippen LogP contribution is 2.38. The van der Waals surface area contributed by atoms with Crippen LogP contribution in [0.5, 0.6) is 0 Å². The maximum atomic E-state index is 13.5. The number of alkyl halides is 3. The Kier molecular flexibility index (Phi) is 6.29. The molecule has 0 spiro atoms. The molecule has 1 fully saturated rings. The van der Waals surface area contributed by atoms with Gasteiger partial charge in [0.25, 0.3) is 0 Å². The van der Waals surface area contributed by atoms with E-state index < -0.39 is 11.7 Å². The Morgan fingerprint density at radius 2 is 1.73 bits per heavy atom. The van der Waals surface area contributed by atoms with Crippen LogP contribution in [0.15, 0.2) is 24.4 Å². The molecule has 0 radical (unpaired) electrons. The maximum Gasteiger partial charge on any atom is 0.421 e. The molecule has 7 nitrogen and oxygen atoms in total. The van der Waals surface area contributed by atoms with Crippen LogP contribution in [0.3, 0.4) is 0 Å².